The Morgan fingerprint density at radius 3 is 2.90 bits per heavy atom. The van der Waals surface area contributed by atoms with Gasteiger partial charge in [-0.25, -0.2) is 4.79 Å². The molecule has 2 heterocycles. The topological polar surface area (TPSA) is 64.0 Å². The number of fused-ring (bicyclic) bond motifs is 1. The lowest BCUT2D eigenvalue weighted by atomic mass is 10.2. The van der Waals surface area contributed by atoms with Crippen molar-refractivity contribution in [3.63, 3.8) is 0 Å². The Balaban J connectivity index is 1.43. The molecule has 0 saturated heterocycles. The molecule has 0 spiro atoms. The number of aromatic nitrogens is 2. The highest BCUT2D eigenvalue weighted by atomic mass is 35.5. The molecule has 1 aliphatic carbocycles. The standard InChI is InChI=1S/C21H20ClN3O2S2/c22-17-8-2-1-5-14(17)11-23-19(26)13-29-20-16-7-3-9-18(16)25(21(27)24-20)12-15-6-4-10-28-15/h1-2,4-6,8,10H,3,7,9,11-13H2,(H,23,26). The van der Waals surface area contributed by atoms with Crippen molar-refractivity contribution >= 4 is 40.6 Å². The van der Waals surface area contributed by atoms with Gasteiger partial charge in [-0.1, -0.05) is 47.6 Å². The summed E-state index contributed by atoms with van der Waals surface area (Å²) in [7, 11) is 0. The molecule has 0 aliphatic heterocycles. The zero-order chi connectivity index (χ0) is 20.2. The van der Waals surface area contributed by atoms with Gasteiger partial charge in [-0.3, -0.25) is 9.36 Å². The van der Waals surface area contributed by atoms with E-state index in [9.17, 15) is 9.59 Å². The van der Waals surface area contributed by atoms with Crippen LogP contribution in [-0.4, -0.2) is 21.2 Å². The van der Waals surface area contributed by atoms with Crippen LogP contribution >= 0.6 is 34.7 Å². The van der Waals surface area contributed by atoms with Crippen molar-refractivity contribution in [2.75, 3.05) is 5.75 Å². The molecule has 5 nitrogen and oxygen atoms in total. The largest absolute Gasteiger partial charge is 0.351 e. The number of nitrogens with zero attached hydrogens (tertiary/aromatic N) is 2. The molecule has 0 bridgehead atoms. The van der Waals surface area contributed by atoms with Crippen LogP contribution in [-0.2, 0) is 30.7 Å². The minimum atomic E-state index is -0.238. The van der Waals surface area contributed by atoms with Crippen LogP contribution in [0.15, 0.2) is 51.6 Å². The van der Waals surface area contributed by atoms with Crippen LogP contribution in [0.1, 0.15) is 28.1 Å². The Hall–Kier alpha value is -2.09. The predicted molar refractivity (Wildman–Crippen MR) is 118 cm³/mol. The van der Waals surface area contributed by atoms with Gasteiger partial charge in [0.1, 0.15) is 5.03 Å². The average Bonchev–Trinajstić information content (AvgIpc) is 3.40. The number of rotatable bonds is 7. The summed E-state index contributed by atoms with van der Waals surface area (Å²) in [5.74, 6) is 0.115. The Bertz CT molecular complexity index is 1080. The van der Waals surface area contributed by atoms with Gasteiger partial charge in [-0.15, -0.1) is 11.3 Å². The van der Waals surface area contributed by atoms with Gasteiger partial charge in [0.05, 0.1) is 12.3 Å². The number of hydrogen-bond donors (Lipinski definition) is 1. The highest BCUT2D eigenvalue weighted by Gasteiger charge is 2.22. The molecule has 150 valence electrons. The van der Waals surface area contributed by atoms with Gasteiger partial charge in [0.25, 0.3) is 0 Å². The highest BCUT2D eigenvalue weighted by Crippen LogP contribution is 2.29. The lowest BCUT2D eigenvalue weighted by molar-refractivity contribution is -0.118. The first-order chi connectivity index (χ1) is 14.1. The maximum atomic E-state index is 12.6. The molecule has 4 rings (SSSR count). The molecule has 0 atom stereocenters. The Morgan fingerprint density at radius 2 is 2.10 bits per heavy atom. The fourth-order valence-corrected chi connectivity index (χ4v) is 5.25. The van der Waals surface area contributed by atoms with Crippen molar-refractivity contribution in [2.24, 2.45) is 0 Å². The van der Waals surface area contributed by atoms with E-state index in [2.05, 4.69) is 10.3 Å². The molecular weight excluding hydrogens is 426 g/mol. The predicted octanol–water partition coefficient (Wildman–Crippen LogP) is 3.90. The molecule has 0 fully saturated rings. The van der Waals surface area contributed by atoms with E-state index in [-0.39, 0.29) is 17.3 Å². The van der Waals surface area contributed by atoms with E-state index in [4.69, 9.17) is 11.6 Å². The summed E-state index contributed by atoms with van der Waals surface area (Å²) in [5.41, 5.74) is 2.82. The quantitative estimate of drug-likeness (QED) is 0.442. The molecular formula is C21H20ClN3O2S2. The zero-order valence-electron chi connectivity index (χ0n) is 15.7. The van der Waals surface area contributed by atoms with Crippen molar-refractivity contribution < 1.29 is 4.79 Å². The Kier molecular flexibility index (Phi) is 6.37. The summed E-state index contributed by atoms with van der Waals surface area (Å²) in [6.07, 6.45) is 2.79. The van der Waals surface area contributed by atoms with Gasteiger partial charge < -0.3 is 5.32 Å². The van der Waals surface area contributed by atoms with Gasteiger partial charge in [0.15, 0.2) is 0 Å². The number of carbonyl (C=O) groups excluding carboxylic acids is 1. The van der Waals surface area contributed by atoms with Crippen molar-refractivity contribution in [2.45, 2.75) is 37.4 Å². The number of thiophene rings is 1. The SMILES string of the molecule is O=C(CSc1nc(=O)n(Cc2cccs2)c2c1CCC2)NCc1ccccc1Cl. The molecule has 29 heavy (non-hydrogen) atoms. The van der Waals surface area contributed by atoms with Crippen molar-refractivity contribution in [3.8, 4) is 0 Å². The van der Waals surface area contributed by atoms with Gasteiger partial charge in [0.2, 0.25) is 5.91 Å². The third kappa shape index (κ3) is 4.74. The molecule has 1 aromatic carbocycles. The molecule has 0 unspecified atom stereocenters. The second-order valence-electron chi connectivity index (χ2n) is 6.80. The van der Waals surface area contributed by atoms with E-state index in [1.807, 2.05) is 35.7 Å². The Morgan fingerprint density at radius 1 is 1.24 bits per heavy atom. The van der Waals surface area contributed by atoms with Gasteiger partial charge >= 0.3 is 5.69 Å². The molecule has 1 aliphatic rings. The van der Waals surface area contributed by atoms with E-state index >= 15 is 0 Å². The van der Waals surface area contributed by atoms with Gasteiger partial charge in [-0.2, -0.15) is 4.98 Å². The van der Waals surface area contributed by atoms with Crippen LogP contribution in [0, 0.1) is 0 Å². The van der Waals surface area contributed by atoms with Crippen LogP contribution < -0.4 is 11.0 Å². The summed E-state index contributed by atoms with van der Waals surface area (Å²) >= 11 is 9.10. The van der Waals surface area contributed by atoms with Crippen LogP contribution in [0.2, 0.25) is 5.02 Å². The van der Waals surface area contributed by atoms with Crippen LogP contribution in [0.4, 0.5) is 0 Å². The zero-order valence-corrected chi connectivity index (χ0v) is 18.1. The third-order valence-corrected chi connectivity index (χ3v) is 7.12. The fraction of sp³-hybridized carbons (Fsp3) is 0.286. The first-order valence-electron chi connectivity index (χ1n) is 9.39. The molecule has 0 radical (unpaired) electrons. The first kappa shape index (κ1) is 20.2. The molecule has 8 heteroatoms. The summed E-state index contributed by atoms with van der Waals surface area (Å²) in [4.78, 5) is 30.4. The number of hydrogen-bond acceptors (Lipinski definition) is 5. The van der Waals surface area contributed by atoms with E-state index in [0.29, 0.717) is 23.1 Å². The summed E-state index contributed by atoms with van der Waals surface area (Å²) in [6, 6.07) is 11.5. The number of thioether (sulfide) groups is 1. The number of nitrogens with one attached hydrogen (secondary N) is 1. The normalized spacial score (nSPS) is 12.7. The Labute approximate surface area is 182 Å². The monoisotopic (exact) mass is 445 g/mol. The lowest BCUT2D eigenvalue weighted by Crippen LogP contribution is -2.28. The minimum absolute atomic E-state index is 0.105. The smallest absolute Gasteiger partial charge is 0.349 e. The second kappa shape index (κ2) is 9.15. The number of carbonyl (C=O) groups is 1. The summed E-state index contributed by atoms with van der Waals surface area (Å²) in [6.45, 7) is 0.947. The van der Waals surface area contributed by atoms with E-state index in [1.165, 1.54) is 11.8 Å². The second-order valence-corrected chi connectivity index (χ2v) is 9.20. The highest BCUT2D eigenvalue weighted by molar-refractivity contribution is 7.99. The number of benzene rings is 1. The maximum Gasteiger partial charge on any atom is 0.349 e. The number of halogens is 1. The first-order valence-corrected chi connectivity index (χ1v) is 11.6. The van der Waals surface area contributed by atoms with Crippen molar-refractivity contribution in [3.05, 3.63) is 79.0 Å². The van der Waals surface area contributed by atoms with Gasteiger partial charge in [-0.05, 0) is 42.3 Å². The fourth-order valence-electron chi connectivity index (χ4n) is 3.45. The van der Waals surface area contributed by atoms with Crippen LogP contribution in [0.5, 0.6) is 0 Å². The van der Waals surface area contributed by atoms with E-state index < -0.39 is 0 Å². The lowest BCUT2D eigenvalue weighted by Gasteiger charge is -2.13. The minimum Gasteiger partial charge on any atom is -0.351 e. The average molecular weight is 446 g/mol. The van der Waals surface area contributed by atoms with Crippen molar-refractivity contribution in [1.29, 1.82) is 0 Å². The third-order valence-electron chi connectivity index (χ3n) is 4.87. The van der Waals surface area contributed by atoms with Crippen molar-refractivity contribution in [1.82, 2.24) is 14.9 Å². The molecule has 1 N–H and O–H groups in total. The summed E-state index contributed by atoms with van der Waals surface area (Å²) < 4.78 is 1.79. The van der Waals surface area contributed by atoms with Crippen LogP contribution in [0.25, 0.3) is 0 Å². The molecule has 2 aromatic heterocycles. The molecule has 3 aromatic rings. The van der Waals surface area contributed by atoms with E-state index in [1.54, 1.807) is 22.0 Å². The molecule has 1 amide bonds. The number of amides is 1. The summed E-state index contributed by atoms with van der Waals surface area (Å²) in [5, 5.41) is 6.22. The van der Waals surface area contributed by atoms with Crippen LogP contribution in [0.3, 0.4) is 0 Å². The van der Waals surface area contributed by atoms with E-state index in [0.717, 1.165) is 41.0 Å². The molecule has 0 saturated carbocycles. The maximum absolute atomic E-state index is 12.6. The van der Waals surface area contributed by atoms with Gasteiger partial charge in [0, 0.05) is 27.7 Å².